The van der Waals surface area contributed by atoms with Gasteiger partial charge in [-0.1, -0.05) is 6.08 Å². The van der Waals surface area contributed by atoms with Crippen molar-refractivity contribution in [3.05, 3.63) is 29.6 Å². The third-order valence-corrected chi connectivity index (χ3v) is 4.90. The molecule has 2 aliphatic rings. The van der Waals surface area contributed by atoms with Gasteiger partial charge in [-0.2, -0.15) is 8.42 Å². The summed E-state index contributed by atoms with van der Waals surface area (Å²) in [6.45, 7) is 0.640. The molecule has 2 aliphatic heterocycles. The van der Waals surface area contributed by atoms with Crippen molar-refractivity contribution < 1.29 is 22.3 Å². The third-order valence-electron chi connectivity index (χ3n) is 3.52. The maximum absolute atomic E-state index is 14.9. The van der Waals surface area contributed by atoms with E-state index in [1.54, 1.807) is 0 Å². The van der Waals surface area contributed by atoms with Gasteiger partial charge in [0.05, 0.1) is 7.11 Å². The summed E-state index contributed by atoms with van der Waals surface area (Å²) in [5.41, 5.74) is 0.763. The molecule has 1 aromatic rings. The van der Waals surface area contributed by atoms with Gasteiger partial charge >= 0.3 is 10.2 Å². The number of halogens is 1. The van der Waals surface area contributed by atoms with Gasteiger partial charge < -0.3 is 10.1 Å². The van der Waals surface area contributed by atoms with E-state index in [1.807, 2.05) is 10.8 Å². The highest BCUT2D eigenvalue weighted by atomic mass is 32.2. The van der Waals surface area contributed by atoms with Gasteiger partial charge in [-0.15, -0.1) is 0 Å². The Bertz CT molecular complexity index is 776. The number of nitrogens with zero attached hydrogens (tertiary/aromatic N) is 1. The van der Waals surface area contributed by atoms with E-state index in [9.17, 15) is 17.6 Å². The maximum Gasteiger partial charge on any atom is 0.326 e. The molecule has 3 rings (SSSR count). The molecule has 0 aromatic heterocycles. The van der Waals surface area contributed by atoms with Gasteiger partial charge in [0, 0.05) is 18.7 Å². The summed E-state index contributed by atoms with van der Waals surface area (Å²) >= 11 is 0. The van der Waals surface area contributed by atoms with E-state index in [0.717, 1.165) is 5.57 Å². The molecule has 2 N–H and O–H groups in total. The molecule has 118 valence electrons. The maximum atomic E-state index is 14.9. The molecule has 0 radical (unpaired) electrons. The molecule has 0 atom stereocenters. The summed E-state index contributed by atoms with van der Waals surface area (Å²) in [5, 5.41) is 3.05. The zero-order valence-corrected chi connectivity index (χ0v) is 12.5. The molecule has 0 spiro atoms. The summed E-state index contributed by atoms with van der Waals surface area (Å²) in [6.07, 6.45) is 1.83. The highest BCUT2D eigenvalue weighted by molar-refractivity contribution is 7.92. The van der Waals surface area contributed by atoms with Crippen molar-refractivity contribution in [2.75, 3.05) is 31.0 Å². The van der Waals surface area contributed by atoms with Crippen molar-refractivity contribution in [3.63, 3.8) is 0 Å². The molecule has 0 saturated carbocycles. The van der Waals surface area contributed by atoms with Crippen LogP contribution in [-0.4, -0.2) is 41.1 Å². The van der Waals surface area contributed by atoms with Crippen LogP contribution in [0.5, 0.6) is 5.75 Å². The molecular formula is C13H14FN3O4S. The lowest BCUT2D eigenvalue weighted by molar-refractivity contribution is -0.117. The molecule has 0 unspecified atom stereocenters. The van der Waals surface area contributed by atoms with Crippen LogP contribution in [0.15, 0.2) is 18.2 Å². The first kappa shape index (κ1) is 14.8. The number of anilines is 1. The first-order chi connectivity index (χ1) is 10.4. The summed E-state index contributed by atoms with van der Waals surface area (Å²) in [6, 6.07) is 3.03. The monoisotopic (exact) mass is 327 g/mol. The highest BCUT2D eigenvalue weighted by Gasteiger charge is 2.38. The largest absolute Gasteiger partial charge is 0.494 e. The van der Waals surface area contributed by atoms with Crippen molar-refractivity contribution in [2.45, 2.75) is 0 Å². The van der Waals surface area contributed by atoms with E-state index >= 15 is 0 Å². The molecule has 1 saturated heterocycles. The Labute approximate surface area is 126 Å². The lowest BCUT2D eigenvalue weighted by Gasteiger charge is -2.20. The standard InChI is InChI=1S/C13H14FN3O4S/c1-21-10-3-2-9(8-4-5-15-6-8)12(14)13(10)17-7-11(18)16-22(17,19)20/h2-4,15H,5-7H2,1H3,(H,16,18). The Morgan fingerprint density at radius 2 is 2.14 bits per heavy atom. The fraction of sp³-hybridized carbons (Fsp3) is 0.308. The average Bonchev–Trinajstić information content (AvgIpc) is 3.06. The van der Waals surface area contributed by atoms with Gasteiger partial charge in [0.1, 0.15) is 18.0 Å². The fourth-order valence-electron chi connectivity index (χ4n) is 2.52. The zero-order chi connectivity index (χ0) is 15.9. The van der Waals surface area contributed by atoms with Gasteiger partial charge in [0.25, 0.3) is 5.91 Å². The number of hydrogen-bond acceptors (Lipinski definition) is 5. The minimum Gasteiger partial charge on any atom is -0.494 e. The Morgan fingerprint density at radius 3 is 2.68 bits per heavy atom. The van der Waals surface area contributed by atoms with Crippen LogP contribution in [0.25, 0.3) is 5.57 Å². The van der Waals surface area contributed by atoms with Crippen LogP contribution in [0.3, 0.4) is 0 Å². The molecule has 1 fully saturated rings. The number of carbonyl (C=O) groups is 1. The van der Waals surface area contributed by atoms with Crippen LogP contribution in [0.4, 0.5) is 10.1 Å². The van der Waals surface area contributed by atoms with Crippen molar-refractivity contribution in [3.8, 4) is 5.75 Å². The van der Waals surface area contributed by atoms with Crippen molar-refractivity contribution in [2.24, 2.45) is 0 Å². The second-order valence-corrected chi connectivity index (χ2v) is 6.47. The van der Waals surface area contributed by atoms with Crippen LogP contribution >= 0.6 is 0 Å². The molecule has 22 heavy (non-hydrogen) atoms. The van der Waals surface area contributed by atoms with E-state index < -0.39 is 28.5 Å². The van der Waals surface area contributed by atoms with Crippen LogP contribution in [0.1, 0.15) is 5.56 Å². The molecule has 7 nitrogen and oxygen atoms in total. The minimum absolute atomic E-state index is 0.0490. The summed E-state index contributed by atoms with van der Waals surface area (Å²) in [4.78, 5) is 11.4. The SMILES string of the molecule is COc1ccc(C2=CCNC2)c(F)c1N1CC(=O)NS1(=O)=O. The molecule has 2 heterocycles. The predicted octanol–water partition coefficient (Wildman–Crippen LogP) is 0.00190. The number of methoxy groups -OCH3 is 1. The molecule has 9 heteroatoms. The van der Waals surface area contributed by atoms with E-state index in [4.69, 9.17) is 4.74 Å². The summed E-state index contributed by atoms with van der Waals surface area (Å²) < 4.78 is 46.4. The van der Waals surface area contributed by atoms with Crippen molar-refractivity contribution in [1.29, 1.82) is 0 Å². The van der Waals surface area contributed by atoms with Gasteiger partial charge in [-0.05, 0) is 17.7 Å². The van der Waals surface area contributed by atoms with Crippen LogP contribution in [0, 0.1) is 5.82 Å². The minimum atomic E-state index is -4.11. The quantitative estimate of drug-likeness (QED) is 0.816. The molecule has 0 aliphatic carbocycles. The van der Waals surface area contributed by atoms with E-state index in [1.165, 1.54) is 19.2 Å². The lowest BCUT2D eigenvalue weighted by atomic mass is 10.0. The lowest BCUT2D eigenvalue weighted by Crippen LogP contribution is -2.30. The normalized spacial score (nSPS) is 20.0. The fourth-order valence-corrected chi connectivity index (χ4v) is 3.68. The molecule has 0 bridgehead atoms. The average molecular weight is 327 g/mol. The van der Waals surface area contributed by atoms with E-state index in [2.05, 4.69) is 5.32 Å². The molecular weight excluding hydrogens is 313 g/mol. The highest BCUT2D eigenvalue weighted by Crippen LogP contribution is 2.38. The summed E-state index contributed by atoms with van der Waals surface area (Å²) in [7, 11) is -2.79. The Hall–Kier alpha value is -2.13. The van der Waals surface area contributed by atoms with Gasteiger partial charge in [0.15, 0.2) is 5.82 Å². The number of ether oxygens (including phenoxy) is 1. The van der Waals surface area contributed by atoms with Gasteiger partial charge in [-0.25, -0.2) is 13.4 Å². The first-order valence-corrected chi connectivity index (χ1v) is 7.98. The van der Waals surface area contributed by atoms with Crippen LogP contribution in [0.2, 0.25) is 0 Å². The van der Waals surface area contributed by atoms with E-state index in [-0.39, 0.29) is 17.0 Å². The van der Waals surface area contributed by atoms with E-state index in [0.29, 0.717) is 17.4 Å². The Balaban J connectivity index is 2.17. The van der Waals surface area contributed by atoms with Crippen LogP contribution in [-0.2, 0) is 15.0 Å². The topological polar surface area (TPSA) is 87.7 Å². The van der Waals surface area contributed by atoms with Crippen molar-refractivity contribution in [1.82, 2.24) is 10.0 Å². The predicted molar refractivity (Wildman–Crippen MR) is 78.2 cm³/mol. The number of amides is 1. The second-order valence-electron chi connectivity index (χ2n) is 4.88. The number of benzene rings is 1. The number of rotatable bonds is 3. The third kappa shape index (κ3) is 2.32. The van der Waals surface area contributed by atoms with Crippen molar-refractivity contribution >= 4 is 27.4 Å². The number of nitrogens with one attached hydrogen (secondary N) is 2. The van der Waals surface area contributed by atoms with Gasteiger partial charge in [-0.3, -0.25) is 4.79 Å². The Kier molecular flexibility index (Phi) is 3.53. The number of carbonyl (C=O) groups excluding carboxylic acids is 1. The first-order valence-electron chi connectivity index (χ1n) is 6.54. The smallest absolute Gasteiger partial charge is 0.326 e. The van der Waals surface area contributed by atoms with Crippen LogP contribution < -0.4 is 19.1 Å². The van der Waals surface area contributed by atoms with Gasteiger partial charge in [0.2, 0.25) is 0 Å². The molecule has 1 aromatic carbocycles. The molecule has 1 amide bonds. The second kappa shape index (κ2) is 5.25. The zero-order valence-electron chi connectivity index (χ0n) is 11.7. The summed E-state index contributed by atoms with van der Waals surface area (Å²) in [5.74, 6) is -1.39. The Morgan fingerprint density at radius 1 is 1.36 bits per heavy atom. The number of hydrogen-bond donors (Lipinski definition) is 2.